The second-order valence-corrected chi connectivity index (χ2v) is 8.81. The number of aromatic amines is 1. The van der Waals surface area contributed by atoms with Gasteiger partial charge in [0.25, 0.3) is 0 Å². The fourth-order valence-corrected chi connectivity index (χ4v) is 4.81. The van der Waals surface area contributed by atoms with Crippen molar-refractivity contribution in [3.8, 4) is 11.1 Å². The van der Waals surface area contributed by atoms with E-state index in [4.69, 9.17) is 0 Å². The fourth-order valence-electron chi connectivity index (χ4n) is 4.81. The smallest absolute Gasteiger partial charge is 0.416 e. The summed E-state index contributed by atoms with van der Waals surface area (Å²) in [6.07, 6.45) is 4.84. The summed E-state index contributed by atoms with van der Waals surface area (Å²) in [6, 6.07) is 17.0. The van der Waals surface area contributed by atoms with Crippen molar-refractivity contribution in [2.24, 2.45) is 0 Å². The molecule has 10 nitrogen and oxygen atoms in total. The highest BCUT2D eigenvalue weighted by Gasteiger charge is 2.31. The summed E-state index contributed by atoms with van der Waals surface area (Å²) in [6.45, 7) is 0. The second kappa shape index (κ2) is 8.96. The molecule has 39 heavy (non-hydrogen) atoms. The van der Waals surface area contributed by atoms with E-state index in [9.17, 15) is 29.7 Å². The van der Waals surface area contributed by atoms with Crippen LogP contribution in [-0.4, -0.2) is 52.9 Å². The molecule has 3 aromatic heterocycles. The Labute approximate surface area is 219 Å². The number of carbonyl (C=O) groups is 3. The third-order valence-electron chi connectivity index (χ3n) is 6.35. The monoisotopic (exact) mass is 518 g/mol. The predicted octanol–water partition coefficient (Wildman–Crippen LogP) is 5.72. The average Bonchev–Trinajstić information content (AvgIpc) is 3.68. The molecule has 4 aromatic rings. The molecule has 2 aliphatic heterocycles. The summed E-state index contributed by atoms with van der Waals surface area (Å²) in [4.78, 5) is 50.4. The second-order valence-electron chi connectivity index (χ2n) is 8.81. The topological polar surface area (TPSA) is 158 Å². The van der Waals surface area contributed by atoms with Gasteiger partial charge in [-0.15, -0.1) is 0 Å². The molecule has 0 aliphatic carbocycles. The summed E-state index contributed by atoms with van der Waals surface area (Å²) in [5.74, 6) is -3.02. The van der Waals surface area contributed by atoms with Crippen LogP contribution in [0.3, 0.4) is 0 Å². The van der Waals surface area contributed by atoms with Crippen LogP contribution < -0.4 is 0 Å². The summed E-state index contributed by atoms with van der Waals surface area (Å²) in [7, 11) is 0. The Morgan fingerprint density at radius 3 is 1.90 bits per heavy atom. The van der Waals surface area contributed by atoms with E-state index in [2.05, 4.69) is 15.0 Å². The molecule has 0 unspecified atom stereocenters. The van der Waals surface area contributed by atoms with E-state index in [0.29, 0.717) is 32.7 Å². The van der Waals surface area contributed by atoms with Crippen molar-refractivity contribution in [1.82, 2.24) is 19.5 Å². The van der Waals surface area contributed by atoms with Gasteiger partial charge < -0.3 is 20.3 Å². The number of nitrogens with zero attached hydrogens (tertiary/aromatic N) is 3. The summed E-state index contributed by atoms with van der Waals surface area (Å²) < 4.78 is 0.688. The molecule has 2 aliphatic rings. The largest absolute Gasteiger partial charge is 0.478 e. The Morgan fingerprint density at radius 2 is 1.28 bits per heavy atom. The first kappa shape index (κ1) is 23.6. The van der Waals surface area contributed by atoms with Gasteiger partial charge >= 0.3 is 18.0 Å². The van der Waals surface area contributed by atoms with Crippen LogP contribution in [0.25, 0.3) is 57.5 Å². The van der Waals surface area contributed by atoms with Crippen molar-refractivity contribution in [1.29, 1.82) is 0 Å². The average molecular weight is 518 g/mol. The molecule has 0 radical (unpaired) electrons. The zero-order valence-corrected chi connectivity index (χ0v) is 20.0. The molecule has 0 saturated carbocycles. The van der Waals surface area contributed by atoms with E-state index in [1.165, 1.54) is 12.1 Å². The maximum atomic E-state index is 12.8. The Balaban J connectivity index is 1.94. The van der Waals surface area contributed by atoms with Gasteiger partial charge in [-0.05, 0) is 60.2 Å². The van der Waals surface area contributed by atoms with Crippen LogP contribution in [0, 0.1) is 0 Å². The van der Waals surface area contributed by atoms with Gasteiger partial charge in [0.1, 0.15) is 5.56 Å². The Kier molecular flexibility index (Phi) is 5.43. The van der Waals surface area contributed by atoms with Crippen LogP contribution in [-0.2, 0) is 0 Å². The van der Waals surface area contributed by atoms with E-state index >= 15 is 0 Å². The molecular formula is C29H18N4O6. The van der Waals surface area contributed by atoms with Crippen LogP contribution in [0.1, 0.15) is 43.5 Å². The number of aromatic nitrogens is 4. The van der Waals surface area contributed by atoms with Crippen molar-refractivity contribution in [2.75, 3.05) is 0 Å². The van der Waals surface area contributed by atoms with Crippen LogP contribution in [0.2, 0.25) is 0 Å². The van der Waals surface area contributed by atoms with Crippen molar-refractivity contribution in [3.63, 3.8) is 0 Å². The molecule has 0 fully saturated rings. The zero-order chi connectivity index (χ0) is 27.3. The quantitative estimate of drug-likeness (QED) is 0.232. The minimum absolute atomic E-state index is 0.0444. The minimum atomic E-state index is -1.56. The molecule has 0 amide bonds. The van der Waals surface area contributed by atoms with Crippen molar-refractivity contribution < 1.29 is 29.7 Å². The zero-order valence-electron chi connectivity index (χ0n) is 20.0. The first-order valence-corrected chi connectivity index (χ1v) is 11.7. The van der Waals surface area contributed by atoms with Gasteiger partial charge in [-0.25, -0.2) is 28.9 Å². The van der Waals surface area contributed by atoms with E-state index in [1.54, 1.807) is 54.6 Å². The lowest BCUT2D eigenvalue weighted by Crippen LogP contribution is -2.13. The van der Waals surface area contributed by atoms with Crippen molar-refractivity contribution in [2.45, 2.75) is 0 Å². The molecule has 6 rings (SSSR count). The summed E-state index contributed by atoms with van der Waals surface area (Å²) >= 11 is 0. The highest BCUT2D eigenvalue weighted by molar-refractivity contribution is 6.17. The Morgan fingerprint density at radius 1 is 0.692 bits per heavy atom. The van der Waals surface area contributed by atoms with E-state index < -0.39 is 34.7 Å². The molecule has 4 N–H and O–H groups in total. The van der Waals surface area contributed by atoms with E-state index in [0.717, 1.165) is 5.52 Å². The van der Waals surface area contributed by atoms with Crippen molar-refractivity contribution >= 4 is 64.4 Å². The Hall–Kier alpha value is -5.77. The fraction of sp³-hybridized carbons (Fsp3) is 0. The summed E-state index contributed by atoms with van der Waals surface area (Å²) in [5.41, 5.74) is 1.57. The molecule has 0 saturated heterocycles. The van der Waals surface area contributed by atoms with Gasteiger partial charge in [0.2, 0.25) is 0 Å². The number of hydrogen-bond donors (Lipinski definition) is 4. The molecule has 190 valence electrons. The molecule has 10 heteroatoms. The van der Waals surface area contributed by atoms with Crippen molar-refractivity contribution in [3.05, 3.63) is 94.6 Å². The van der Waals surface area contributed by atoms with Gasteiger partial charge in [0.05, 0.1) is 39.4 Å². The molecule has 1 aromatic carbocycles. The van der Waals surface area contributed by atoms with E-state index in [1.807, 2.05) is 18.2 Å². The SMILES string of the molecule is O=C(O)c1c2nc(cc3ccc(cc4nc(cc5c(-c6ccccc6)c(C(=O)O)c1n5C(=O)O)C=C4)[nH]3)C=C2. The first-order chi connectivity index (χ1) is 18.8. The number of rotatable bonds is 3. The summed E-state index contributed by atoms with van der Waals surface area (Å²) in [5, 5.41) is 31.1. The van der Waals surface area contributed by atoms with Crippen LogP contribution in [0.15, 0.2) is 60.7 Å². The Bertz CT molecular complexity index is 1950. The molecule has 0 atom stereocenters. The van der Waals surface area contributed by atoms with Crippen LogP contribution >= 0.6 is 0 Å². The minimum Gasteiger partial charge on any atom is -0.478 e. The van der Waals surface area contributed by atoms with E-state index in [-0.39, 0.29) is 16.8 Å². The number of benzene rings is 1. The molecular weight excluding hydrogens is 500 g/mol. The maximum absolute atomic E-state index is 12.8. The maximum Gasteiger partial charge on any atom is 0.416 e. The van der Waals surface area contributed by atoms with Gasteiger partial charge in [0.15, 0.2) is 0 Å². The third-order valence-corrected chi connectivity index (χ3v) is 6.35. The van der Waals surface area contributed by atoms with Crippen LogP contribution in [0.4, 0.5) is 4.79 Å². The number of hydrogen-bond acceptors (Lipinski definition) is 5. The lowest BCUT2D eigenvalue weighted by atomic mass is 10.00. The highest BCUT2D eigenvalue weighted by Crippen LogP contribution is 2.37. The standard InChI is InChI=1S/C29H18N4O6/c34-27(35)24-21-11-10-19(32-21)13-18-7-6-16(30-18)12-17-8-9-20(31-17)14-22-23(15-4-2-1-3-5-15)25(28(36)37)26(24)33(22)29(38)39/h1-14,30H,(H,34,35)(H,36,37)(H,38,39). The van der Waals surface area contributed by atoms with Gasteiger partial charge in [-0.1, -0.05) is 30.3 Å². The number of fused-ring (bicyclic) bond motifs is 8. The third kappa shape index (κ3) is 4.05. The number of H-pyrrole nitrogens is 1. The van der Waals surface area contributed by atoms with Crippen LogP contribution in [0.5, 0.6) is 0 Å². The number of aromatic carboxylic acids is 2. The van der Waals surface area contributed by atoms with Gasteiger partial charge in [0, 0.05) is 16.6 Å². The highest BCUT2D eigenvalue weighted by atomic mass is 16.4. The molecule has 0 spiro atoms. The lowest BCUT2D eigenvalue weighted by molar-refractivity contribution is 0.0695. The van der Waals surface area contributed by atoms with Gasteiger partial charge in [-0.3, -0.25) is 0 Å². The molecule has 5 heterocycles. The number of carboxylic acid groups (broad SMARTS) is 3. The first-order valence-electron chi connectivity index (χ1n) is 11.7. The van der Waals surface area contributed by atoms with Gasteiger partial charge in [-0.2, -0.15) is 0 Å². The normalized spacial score (nSPS) is 12.0. The number of carboxylic acids is 2. The predicted molar refractivity (Wildman–Crippen MR) is 145 cm³/mol. The molecule has 8 bridgehead atoms. The lowest BCUT2D eigenvalue weighted by Gasteiger charge is -2.04. The number of nitrogens with one attached hydrogen (secondary N) is 1.